The second-order valence-corrected chi connectivity index (χ2v) is 5.65. The first-order valence-corrected chi connectivity index (χ1v) is 7.48. The first-order chi connectivity index (χ1) is 9.60. The summed E-state index contributed by atoms with van der Waals surface area (Å²) in [7, 11) is 0. The zero-order valence-corrected chi connectivity index (χ0v) is 12.2. The summed E-state index contributed by atoms with van der Waals surface area (Å²) in [6.07, 6.45) is 2.11. The number of hydrogen-bond donors (Lipinski definition) is 4. The third-order valence-electron chi connectivity index (χ3n) is 3.12. The van der Waals surface area contributed by atoms with Crippen LogP contribution < -0.4 is 16.0 Å². The molecular weight excluding hydrogens is 280 g/mol. The van der Waals surface area contributed by atoms with Crippen LogP contribution in [-0.4, -0.2) is 44.3 Å². The number of hydrogen-bond acceptors (Lipinski definition) is 6. The lowest BCUT2D eigenvalue weighted by atomic mass is 9.96. The number of anilines is 1. The standard InChI is InChI=1S/C11H18N6O2S/c1-3-7-6(2)14-11(16-9(7)19)20-4-8(18)15-10-12-5-13-17-10/h5-7,11,14H,3-4H2,1-2H3,(H,16,19)(H2,12,13,15,17,18). The molecule has 1 aromatic heterocycles. The summed E-state index contributed by atoms with van der Waals surface area (Å²) in [5.41, 5.74) is -0.249. The van der Waals surface area contributed by atoms with Crippen molar-refractivity contribution in [2.24, 2.45) is 5.92 Å². The number of H-pyrrole nitrogens is 1. The van der Waals surface area contributed by atoms with Gasteiger partial charge < -0.3 is 5.32 Å². The number of aromatic amines is 1. The molecule has 0 saturated carbocycles. The second-order valence-electron chi connectivity index (χ2n) is 4.55. The van der Waals surface area contributed by atoms with Crippen molar-refractivity contribution >= 4 is 29.5 Å². The highest BCUT2D eigenvalue weighted by atomic mass is 32.2. The summed E-state index contributed by atoms with van der Waals surface area (Å²) < 4.78 is 0. The Kier molecular flexibility index (Phi) is 4.96. The summed E-state index contributed by atoms with van der Waals surface area (Å²) in [5, 5.41) is 14.9. The summed E-state index contributed by atoms with van der Waals surface area (Å²) in [4.78, 5) is 27.3. The van der Waals surface area contributed by atoms with Gasteiger partial charge in [0, 0.05) is 6.04 Å². The molecule has 1 saturated heterocycles. The molecule has 0 spiro atoms. The number of nitrogens with one attached hydrogen (secondary N) is 4. The van der Waals surface area contributed by atoms with Crippen LogP contribution in [0.4, 0.5) is 5.95 Å². The molecule has 3 unspecified atom stereocenters. The van der Waals surface area contributed by atoms with Crippen molar-refractivity contribution in [1.29, 1.82) is 0 Å². The zero-order chi connectivity index (χ0) is 14.5. The second kappa shape index (κ2) is 6.71. The number of nitrogens with zero attached hydrogens (tertiary/aromatic N) is 2. The van der Waals surface area contributed by atoms with Crippen LogP contribution in [0.1, 0.15) is 20.3 Å². The highest BCUT2D eigenvalue weighted by molar-refractivity contribution is 8.00. The first-order valence-electron chi connectivity index (χ1n) is 6.43. The van der Waals surface area contributed by atoms with Crippen molar-refractivity contribution in [1.82, 2.24) is 25.8 Å². The van der Waals surface area contributed by atoms with Crippen molar-refractivity contribution in [2.75, 3.05) is 11.1 Å². The van der Waals surface area contributed by atoms with E-state index in [0.717, 1.165) is 6.42 Å². The normalized spacial score (nSPS) is 26.1. The van der Waals surface area contributed by atoms with E-state index in [1.165, 1.54) is 18.1 Å². The Hall–Kier alpha value is -1.61. The first kappa shape index (κ1) is 14.8. The molecule has 2 heterocycles. The van der Waals surface area contributed by atoms with Crippen LogP contribution in [0.2, 0.25) is 0 Å². The third-order valence-corrected chi connectivity index (χ3v) is 4.14. The van der Waals surface area contributed by atoms with Crippen LogP contribution in [0, 0.1) is 5.92 Å². The predicted octanol–water partition coefficient (Wildman–Crippen LogP) is -0.106. The Bertz CT molecular complexity index is 465. The van der Waals surface area contributed by atoms with E-state index in [1.807, 2.05) is 13.8 Å². The Morgan fingerprint density at radius 1 is 1.55 bits per heavy atom. The van der Waals surface area contributed by atoms with E-state index in [1.54, 1.807) is 0 Å². The molecule has 8 nitrogen and oxygen atoms in total. The molecule has 110 valence electrons. The smallest absolute Gasteiger partial charge is 0.236 e. The predicted molar refractivity (Wildman–Crippen MR) is 75.8 cm³/mol. The average Bonchev–Trinajstić information content (AvgIpc) is 2.89. The quantitative estimate of drug-likeness (QED) is 0.604. The van der Waals surface area contributed by atoms with E-state index in [-0.39, 0.29) is 35.0 Å². The van der Waals surface area contributed by atoms with E-state index in [0.29, 0.717) is 5.95 Å². The maximum absolute atomic E-state index is 11.9. The van der Waals surface area contributed by atoms with E-state index in [4.69, 9.17) is 0 Å². The summed E-state index contributed by atoms with van der Waals surface area (Å²) in [6, 6.07) is 0.101. The SMILES string of the molecule is CCC1C(=O)NC(SCC(=O)Nc2ncn[nH]2)NC1C. The molecule has 9 heteroatoms. The Morgan fingerprint density at radius 3 is 2.95 bits per heavy atom. The maximum atomic E-state index is 11.9. The van der Waals surface area contributed by atoms with Crippen molar-refractivity contribution in [3.8, 4) is 0 Å². The summed E-state index contributed by atoms with van der Waals surface area (Å²) in [6.45, 7) is 3.97. The number of amides is 2. The van der Waals surface area contributed by atoms with Crippen molar-refractivity contribution in [3.63, 3.8) is 0 Å². The lowest BCUT2D eigenvalue weighted by Crippen LogP contribution is -2.59. The Labute approximate surface area is 120 Å². The molecule has 3 atom stereocenters. The number of aromatic nitrogens is 3. The number of rotatable bonds is 5. The van der Waals surface area contributed by atoms with Gasteiger partial charge in [-0.1, -0.05) is 6.92 Å². The fraction of sp³-hybridized carbons (Fsp3) is 0.636. The van der Waals surface area contributed by atoms with E-state index in [2.05, 4.69) is 31.1 Å². The van der Waals surface area contributed by atoms with Gasteiger partial charge in [-0.25, -0.2) is 5.10 Å². The van der Waals surface area contributed by atoms with Gasteiger partial charge in [0.25, 0.3) is 0 Å². The number of thioether (sulfide) groups is 1. The summed E-state index contributed by atoms with van der Waals surface area (Å²) in [5.74, 6) is 0.341. The molecule has 1 aromatic rings. The van der Waals surface area contributed by atoms with Crippen molar-refractivity contribution < 1.29 is 9.59 Å². The molecule has 1 aliphatic rings. The fourth-order valence-corrected chi connectivity index (χ4v) is 2.98. The molecule has 0 bridgehead atoms. The monoisotopic (exact) mass is 298 g/mol. The average molecular weight is 298 g/mol. The lowest BCUT2D eigenvalue weighted by molar-refractivity contribution is -0.128. The third kappa shape index (κ3) is 3.70. The Morgan fingerprint density at radius 2 is 2.35 bits per heavy atom. The molecular formula is C11H18N6O2S. The molecule has 1 aliphatic heterocycles. The van der Waals surface area contributed by atoms with Gasteiger partial charge in [0.2, 0.25) is 17.8 Å². The van der Waals surface area contributed by atoms with E-state index >= 15 is 0 Å². The topological polar surface area (TPSA) is 112 Å². The largest absolute Gasteiger partial charge is 0.331 e. The molecule has 0 radical (unpaired) electrons. The highest BCUT2D eigenvalue weighted by Gasteiger charge is 2.32. The van der Waals surface area contributed by atoms with Gasteiger partial charge in [0.15, 0.2) is 0 Å². The van der Waals surface area contributed by atoms with Crippen LogP contribution >= 0.6 is 11.8 Å². The number of carbonyl (C=O) groups is 2. The van der Waals surface area contributed by atoms with E-state index < -0.39 is 0 Å². The van der Waals surface area contributed by atoms with Gasteiger partial charge in [0.1, 0.15) is 11.8 Å². The molecule has 20 heavy (non-hydrogen) atoms. The maximum Gasteiger partial charge on any atom is 0.236 e. The fourth-order valence-electron chi connectivity index (χ4n) is 2.08. The van der Waals surface area contributed by atoms with Gasteiger partial charge in [-0.2, -0.15) is 10.1 Å². The lowest BCUT2D eigenvalue weighted by Gasteiger charge is -2.34. The van der Waals surface area contributed by atoms with Crippen LogP contribution in [0.25, 0.3) is 0 Å². The van der Waals surface area contributed by atoms with Crippen LogP contribution in [0.5, 0.6) is 0 Å². The van der Waals surface area contributed by atoms with Gasteiger partial charge in [-0.05, 0) is 13.3 Å². The number of carbonyl (C=O) groups excluding carboxylic acids is 2. The molecule has 0 aliphatic carbocycles. The summed E-state index contributed by atoms with van der Waals surface area (Å²) >= 11 is 1.33. The highest BCUT2D eigenvalue weighted by Crippen LogP contribution is 2.18. The Balaban J connectivity index is 1.77. The molecule has 4 N–H and O–H groups in total. The molecule has 1 fully saturated rings. The van der Waals surface area contributed by atoms with E-state index in [9.17, 15) is 9.59 Å². The van der Waals surface area contributed by atoms with Gasteiger partial charge in [0.05, 0.1) is 11.7 Å². The van der Waals surface area contributed by atoms with Gasteiger partial charge >= 0.3 is 0 Å². The minimum absolute atomic E-state index is 0.0186. The van der Waals surface area contributed by atoms with Gasteiger partial charge in [-0.3, -0.25) is 20.2 Å². The molecule has 2 amide bonds. The minimum Gasteiger partial charge on any atom is -0.331 e. The van der Waals surface area contributed by atoms with Crippen LogP contribution in [-0.2, 0) is 9.59 Å². The molecule has 2 rings (SSSR count). The molecule has 0 aromatic carbocycles. The van der Waals surface area contributed by atoms with Crippen molar-refractivity contribution in [2.45, 2.75) is 31.8 Å². The van der Waals surface area contributed by atoms with Crippen LogP contribution in [0.3, 0.4) is 0 Å². The minimum atomic E-state index is -0.249. The zero-order valence-electron chi connectivity index (χ0n) is 11.3. The van der Waals surface area contributed by atoms with Crippen LogP contribution in [0.15, 0.2) is 6.33 Å². The van der Waals surface area contributed by atoms with Crippen molar-refractivity contribution in [3.05, 3.63) is 6.33 Å². The van der Waals surface area contributed by atoms with Gasteiger partial charge in [-0.15, -0.1) is 11.8 Å².